The molecular formula is C22H19N3O2. The summed E-state index contributed by atoms with van der Waals surface area (Å²) in [7, 11) is 1.70. The molecule has 3 aromatic rings. The third kappa shape index (κ3) is 3.75. The summed E-state index contributed by atoms with van der Waals surface area (Å²) in [6, 6.07) is 23.1. The summed E-state index contributed by atoms with van der Waals surface area (Å²) in [5, 5.41) is 18.7. The van der Waals surface area contributed by atoms with Crippen molar-refractivity contribution in [2.75, 3.05) is 17.7 Å². The molecule has 5 heteroatoms. The largest absolute Gasteiger partial charge is 0.479 e. The molecule has 5 nitrogen and oxygen atoms in total. The highest BCUT2D eigenvalue weighted by Gasteiger charge is 2.26. The van der Waals surface area contributed by atoms with Crippen LogP contribution in [0.4, 0.5) is 11.4 Å². The van der Waals surface area contributed by atoms with Gasteiger partial charge in [0.2, 0.25) is 0 Å². The van der Waals surface area contributed by atoms with Crippen molar-refractivity contribution in [2.24, 2.45) is 0 Å². The number of nitriles is 1. The Labute approximate surface area is 157 Å². The molecule has 0 aliphatic rings. The van der Waals surface area contributed by atoms with Gasteiger partial charge in [-0.15, -0.1) is 0 Å². The normalized spacial score (nSPS) is 11.4. The van der Waals surface area contributed by atoms with Crippen molar-refractivity contribution < 1.29 is 9.90 Å². The Kier molecular flexibility index (Phi) is 5.09. The average Bonchev–Trinajstić information content (AvgIpc) is 2.69. The molecule has 3 aromatic carbocycles. The van der Waals surface area contributed by atoms with Gasteiger partial charge in [0.25, 0.3) is 0 Å². The van der Waals surface area contributed by atoms with Crippen LogP contribution in [0.1, 0.15) is 17.2 Å². The van der Waals surface area contributed by atoms with Gasteiger partial charge in [-0.2, -0.15) is 5.26 Å². The van der Waals surface area contributed by atoms with Gasteiger partial charge in [-0.05, 0) is 41.0 Å². The van der Waals surface area contributed by atoms with Crippen molar-refractivity contribution in [1.82, 2.24) is 0 Å². The first-order valence-corrected chi connectivity index (χ1v) is 8.42. The predicted octanol–water partition coefficient (Wildman–Crippen LogP) is 4.07. The number of carbonyl (C=O) groups is 1. The van der Waals surface area contributed by atoms with Crippen molar-refractivity contribution in [3.05, 3.63) is 83.9 Å². The maximum absolute atomic E-state index is 11.9. The van der Waals surface area contributed by atoms with Crippen LogP contribution in [0, 0.1) is 11.3 Å². The molecule has 27 heavy (non-hydrogen) atoms. The first-order valence-electron chi connectivity index (χ1n) is 8.42. The van der Waals surface area contributed by atoms with Crippen LogP contribution in [0.25, 0.3) is 11.1 Å². The van der Waals surface area contributed by atoms with Gasteiger partial charge in [0.05, 0.1) is 23.0 Å². The van der Waals surface area contributed by atoms with Crippen molar-refractivity contribution in [3.8, 4) is 17.2 Å². The van der Waals surface area contributed by atoms with E-state index in [9.17, 15) is 9.90 Å². The second-order valence-corrected chi connectivity index (χ2v) is 6.23. The summed E-state index contributed by atoms with van der Waals surface area (Å²) in [5.41, 5.74) is 10.4. The maximum Gasteiger partial charge on any atom is 0.331 e. The lowest BCUT2D eigenvalue weighted by Gasteiger charge is -2.28. The minimum absolute atomic E-state index is 0.484. The number of hydrogen-bond acceptors (Lipinski definition) is 4. The molecule has 0 heterocycles. The number of rotatable bonds is 5. The summed E-state index contributed by atoms with van der Waals surface area (Å²) in [4.78, 5) is 13.6. The molecule has 1 unspecified atom stereocenters. The third-order valence-corrected chi connectivity index (χ3v) is 4.49. The Balaban J connectivity index is 1.95. The molecule has 0 saturated carbocycles. The first kappa shape index (κ1) is 18.0. The molecule has 0 saturated heterocycles. The molecule has 1 atom stereocenters. The number of carboxylic acids is 1. The minimum Gasteiger partial charge on any atom is -0.479 e. The van der Waals surface area contributed by atoms with Crippen LogP contribution < -0.4 is 10.6 Å². The zero-order chi connectivity index (χ0) is 19.4. The van der Waals surface area contributed by atoms with E-state index in [1.165, 1.54) is 0 Å². The molecule has 3 N–H and O–H groups in total. The van der Waals surface area contributed by atoms with E-state index in [2.05, 4.69) is 0 Å². The van der Waals surface area contributed by atoms with Gasteiger partial charge in [0, 0.05) is 7.05 Å². The van der Waals surface area contributed by atoms with Gasteiger partial charge in [-0.3, -0.25) is 0 Å². The SMILES string of the molecule is CN(c1ccc(-c2ccccc2)cc1N)C(C(=O)O)c1ccc(C#N)cc1. The van der Waals surface area contributed by atoms with Gasteiger partial charge < -0.3 is 15.7 Å². The Morgan fingerprint density at radius 2 is 1.70 bits per heavy atom. The Morgan fingerprint density at radius 1 is 1.04 bits per heavy atom. The number of anilines is 2. The lowest BCUT2D eigenvalue weighted by molar-refractivity contribution is -0.138. The van der Waals surface area contributed by atoms with E-state index in [0.29, 0.717) is 22.5 Å². The van der Waals surface area contributed by atoms with E-state index >= 15 is 0 Å². The van der Waals surface area contributed by atoms with E-state index in [-0.39, 0.29) is 0 Å². The molecule has 0 spiro atoms. The fourth-order valence-electron chi connectivity index (χ4n) is 3.10. The number of nitrogens with two attached hydrogens (primary N) is 1. The summed E-state index contributed by atoms with van der Waals surface area (Å²) in [5.74, 6) is -0.992. The van der Waals surface area contributed by atoms with Crippen LogP contribution >= 0.6 is 0 Å². The van der Waals surface area contributed by atoms with Crippen LogP contribution in [0.5, 0.6) is 0 Å². The number of likely N-dealkylation sites (N-methyl/N-ethyl adjacent to an activating group) is 1. The molecule has 0 amide bonds. The number of aliphatic carboxylic acids is 1. The fourth-order valence-corrected chi connectivity index (χ4v) is 3.10. The van der Waals surface area contributed by atoms with Crippen molar-refractivity contribution in [3.63, 3.8) is 0 Å². The second-order valence-electron chi connectivity index (χ2n) is 6.23. The van der Waals surface area contributed by atoms with E-state index in [4.69, 9.17) is 11.0 Å². The Morgan fingerprint density at radius 3 is 2.26 bits per heavy atom. The highest BCUT2D eigenvalue weighted by Crippen LogP contribution is 2.33. The van der Waals surface area contributed by atoms with Crippen LogP contribution in [0.15, 0.2) is 72.8 Å². The summed E-state index contributed by atoms with van der Waals surface area (Å²) in [6.45, 7) is 0. The number of hydrogen-bond donors (Lipinski definition) is 2. The van der Waals surface area contributed by atoms with Gasteiger partial charge in [0.15, 0.2) is 6.04 Å². The smallest absolute Gasteiger partial charge is 0.331 e. The summed E-state index contributed by atoms with van der Waals surface area (Å²) < 4.78 is 0. The molecule has 3 rings (SSSR count). The van der Waals surface area contributed by atoms with E-state index < -0.39 is 12.0 Å². The van der Waals surface area contributed by atoms with Crippen molar-refractivity contribution >= 4 is 17.3 Å². The first-order chi connectivity index (χ1) is 13.0. The van der Waals surface area contributed by atoms with Crippen LogP contribution in [-0.2, 0) is 4.79 Å². The van der Waals surface area contributed by atoms with Crippen LogP contribution in [-0.4, -0.2) is 18.1 Å². The zero-order valence-corrected chi connectivity index (χ0v) is 14.8. The van der Waals surface area contributed by atoms with Crippen LogP contribution in [0.2, 0.25) is 0 Å². The van der Waals surface area contributed by atoms with Crippen molar-refractivity contribution in [1.29, 1.82) is 5.26 Å². The van der Waals surface area contributed by atoms with Gasteiger partial charge in [-0.1, -0.05) is 48.5 Å². The molecule has 0 radical (unpaired) electrons. The van der Waals surface area contributed by atoms with Crippen molar-refractivity contribution in [2.45, 2.75) is 6.04 Å². The lowest BCUT2D eigenvalue weighted by Crippen LogP contribution is -2.31. The molecule has 0 bridgehead atoms. The summed E-state index contributed by atoms with van der Waals surface area (Å²) >= 11 is 0. The number of carboxylic acid groups (broad SMARTS) is 1. The third-order valence-electron chi connectivity index (χ3n) is 4.49. The highest BCUT2D eigenvalue weighted by atomic mass is 16.4. The molecule has 134 valence electrons. The molecule has 0 aromatic heterocycles. The van der Waals surface area contributed by atoms with E-state index in [1.807, 2.05) is 54.6 Å². The van der Waals surface area contributed by atoms with Gasteiger partial charge >= 0.3 is 5.97 Å². The minimum atomic E-state index is -0.992. The molecule has 0 aliphatic carbocycles. The van der Waals surface area contributed by atoms with Crippen LogP contribution in [0.3, 0.4) is 0 Å². The van der Waals surface area contributed by atoms with Gasteiger partial charge in [-0.25, -0.2) is 4.79 Å². The Bertz CT molecular complexity index is 992. The highest BCUT2D eigenvalue weighted by molar-refractivity contribution is 5.84. The fraction of sp³-hybridized carbons (Fsp3) is 0.0909. The average molecular weight is 357 g/mol. The molecule has 0 fully saturated rings. The number of benzene rings is 3. The molecular weight excluding hydrogens is 338 g/mol. The zero-order valence-electron chi connectivity index (χ0n) is 14.8. The standard InChI is InChI=1S/C22H19N3O2/c1-25(21(22(26)27)17-9-7-15(14-23)8-10-17)20-12-11-18(13-19(20)24)16-5-3-2-4-6-16/h2-13,21H,24H2,1H3,(H,26,27). The van der Waals surface area contributed by atoms with E-state index in [1.54, 1.807) is 36.2 Å². The molecule has 0 aliphatic heterocycles. The maximum atomic E-state index is 11.9. The number of nitrogens with zero attached hydrogens (tertiary/aromatic N) is 2. The lowest BCUT2D eigenvalue weighted by atomic mass is 10.0. The quantitative estimate of drug-likeness (QED) is 0.672. The topological polar surface area (TPSA) is 90.3 Å². The monoisotopic (exact) mass is 357 g/mol. The Hall–Kier alpha value is -3.78. The second kappa shape index (κ2) is 7.63. The summed E-state index contributed by atoms with van der Waals surface area (Å²) in [6.07, 6.45) is 0. The number of nitrogen functional groups attached to an aromatic ring is 1. The van der Waals surface area contributed by atoms with E-state index in [0.717, 1.165) is 11.1 Å². The van der Waals surface area contributed by atoms with Gasteiger partial charge in [0.1, 0.15) is 0 Å². The predicted molar refractivity (Wildman–Crippen MR) is 106 cm³/mol.